The molecule has 0 saturated heterocycles. The van der Waals surface area contributed by atoms with E-state index in [9.17, 15) is 0 Å². The third-order valence-corrected chi connectivity index (χ3v) is 3.75. The largest absolute Gasteiger partial charge is 0.379 e. The van der Waals surface area contributed by atoms with Gasteiger partial charge in [0.25, 0.3) is 0 Å². The molecule has 14 heavy (non-hydrogen) atoms. The molecule has 0 aliphatic rings. The van der Waals surface area contributed by atoms with E-state index in [-0.39, 0.29) is 0 Å². The Bertz CT molecular complexity index is 417. The molecule has 2 aromatic rings. The lowest BCUT2D eigenvalue weighted by Crippen LogP contribution is -1.96. The molecule has 74 valence electrons. The minimum atomic E-state index is 0.878. The first-order valence-corrected chi connectivity index (χ1v) is 6.19. The Hall–Kier alpha value is -0.870. The standard InChI is InChI=1S/C10H12N2S2/c1-7-5-13-6-10(7)12-4-9-3-11-8(2)14-9/h3,5-6,12H,4H2,1-2H3. The van der Waals surface area contributed by atoms with Crippen molar-refractivity contribution in [3.63, 3.8) is 0 Å². The van der Waals surface area contributed by atoms with Gasteiger partial charge in [-0.3, -0.25) is 0 Å². The average molecular weight is 224 g/mol. The van der Waals surface area contributed by atoms with Crippen LogP contribution in [-0.4, -0.2) is 4.98 Å². The minimum Gasteiger partial charge on any atom is -0.379 e. The average Bonchev–Trinajstić information content (AvgIpc) is 2.72. The van der Waals surface area contributed by atoms with Crippen molar-refractivity contribution < 1.29 is 0 Å². The number of anilines is 1. The van der Waals surface area contributed by atoms with E-state index in [4.69, 9.17) is 0 Å². The number of thiophene rings is 1. The second-order valence-corrected chi connectivity index (χ2v) is 5.23. The summed E-state index contributed by atoms with van der Waals surface area (Å²) in [5.74, 6) is 0. The number of nitrogens with zero attached hydrogens (tertiary/aromatic N) is 1. The molecule has 0 radical (unpaired) electrons. The number of hydrogen-bond acceptors (Lipinski definition) is 4. The van der Waals surface area contributed by atoms with Gasteiger partial charge >= 0.3 is 0 Å². The predicted octanol–water partition coefficient (Wildman–Crippen LogP) is 3.43. The van der Waals surface area contributed by atoms with E-state index in [1.54, 1.807) is 22.7 Å². The Kier molecular flexibility index (Phi) is 2.84. The molecule has 0 unspecified atom stereocenters. The molecule has 2 rings (SSSR count). The molecule has 1 N–H and O–H groups in total. The summed E-state index contributed by atoms with van der Waals surface area (Å²) in [6.45, 7) is 5.03. The molecular formula is C10H12N2S2. The molecule has 0 saturated carbocycles. The van der Waals surface area contributed by atoms with E-state index in [0.717, 1.165) is 11.6 Å². The van der Waals surface area contributed by atoms with Crippen molar-refractivity contribution in [3.8, 4) is 0 Å². The van der Waals surface area contributed by atoms with Crippen LogP contribution in [0.4, 0.5) is 5.69 Å². The van der Waals surface area contributed by atoms with Crippen molar-refractivity contribution in [1.29, 1.82) is 0 Å². The second kappa shape index (κ2) is 4.11. The van der Waals surface area contributed by atoms with Crippen molar-refractivity contribution in [2.75, 3.05) is 5.32 Å². The fourth-order valence-electron chi connectivity index (χ4n) is 1.21. The molecular weight excluding hydrogens is 212 g/mol. The van der Waals surface area contributed by atoms with Crippen molar-refractivity contribution in [1.82, 2.24) is 4.98 Å². The lowest BCUT2D eigenvalue weighted by molar-refractivity contribution is 1.16. The SMILES string of the molecule is Cc1ncc(CNc2cscc2C)s1. The highest BCUT2D eigenvalue weighted by molar-refractivity contribution is 7.11. The van der Waals surface area contributed by atoms with Gasteiger partial charge in [-0.25, -0.2) is 4.98 Å². The topological polar surface area (TPSA) is 24.9 Å². The van der Waals surface area contributed by atoms with Crippen molar-refractivity contribution in [2.45, 2.75) is 20.4 Å². The Balaban J connectivity index is 1.98. The lowest BCUT2D eigenvalue weighted by Gasteiger charge is -2.02. The van der Waals surface area contributed by atoms with Gasteiger partial charge in [0.15, 0.2) is 0 Å². The maximum absolute atomic E-state index is 4.22. The van der Waals surface area contributed by atoms with Gasteiger partial charge in [-0.05, 0) is 24.8 Å². The zero-order valence-corrected chi connectivity index (χ0v) is 9.84. The van der Waals surface area contributed by atoms with Gasteiger partial charge in [0.2, 0.25) is 0 Å². The van der Waals surface area contributed by atoms with Crippen LogP contribution in [0, 0.1) is 13.8 Å². The highest BCUT2D eigenvalue weighted by Gasteiger charge is 2.00. The van der Waals surface area contributed by atoms with E-state index in [0.29, 0.717) is 0 Å². The number of thiazole rings is 1. The highest BCUT2D eigenvalue weighted by Crippen LogP contribution is 2.21. The Labute approximate surface area is 91.6 Å². The van der Waals surface area contributed by atoms with E-state index in [1.165, 1.54) is 16.1 Å². The van der Waals surface area contributed by atoms with Crippen LogP contribution < -0.4 is 5.32 Å². The van der Waals surface area contributed by atoms with Gasteiger partial charge in [0.1, 0.15) is 0 Å². The summed E-state index contributed by atoms with van der Waals surface area (Å²) in [7, 11) is 0. The maximum Gasteiger partial charge on any atom is 0.0897 e. The molecule has 0 aromatic carbocycles. The Morgan fingerprint density at radius 1 is 1.36 bits per heavy atom. The van der Waals surface area contributed by atoms with Gasteiger partial charge in [0.05, 0.1) is 11.6 Å². The first-order valence-electron chi connectivity index (χ1n) is 4.43. The van der Waals surface area contributed by atoms with Crippen LogP contribution in [0.3, 0.4) is 0 Å². The van der Waals surface area contributed by atoms with Gasteiger partial charge in [-0.2, -0.15) is 0 Å². The Morgan fingerprint density at radius 3 is 2.79 bits per heavy atom. The van der Waals surface area contributed by atoms with Gasteiger partial charge in [0, 0.05) is 22.1 Å². The van der Waals surface area contributed by atoms with E-state index >= 15 is 0 Å². The normalized spacial score (nSPS) is 10.4. The zero-order chi connectivity index (χ0) is 9.97. The smallest absolute Gasteiger partial charge is 0.0897 e. The summed E-state index contributed by atoms with van der Waals surface area (Å²) in [4.78, 5) is 5.51. The summed E-state index contributed by atoms with van der Waals surface area (Å²) < 4.78 is 0. The summed E-state index contributed by atoms with van der Waals surface area (Å²) in [5, 5.41) is 8.83. The van der Waals surface area contributed by atoms with Crippen LogP contribution in [0.15, 0.2) is 17.0 Å². The third kappa shape index (κ3) is 2.13. The van der Waals surface area contributed by atoms with Crippen LogP contribution in [-0.2, 0) is 6.54 Å². The zero-order valence-electron chi connectivity index (χ0n) is 8.20. The first kappa shape index (κ1) is 9.68. The fraction of sp³-hybridized carbons (Fsp3) is 0.300. The molecule has 0 atom stereocenters. The first-order chi connectivity index (χ1) is 6.75. The molecule has 0 bridgehead atoms. The molecule has 0 spiro atoms. The molecule has 0 fully saturated rings. The number of aromatic nitrogens is 1. The quantitative estimate of drug-likeness (QED) is 0.864. The summed E-state index contributed by atoms with van der Waals surface area (Å²) in [6, 6.07) is 0. The van der Waals surface area contributed by atoms with Crippen LogP contribution in [0.2, 0.25) is 0 Å². The maximum atomic E-state index is 4.22. The number of aryl methyl sites for hydroxylation is 2. The highest BCUT2D eigenvalue weighted by atomic mass is 32.1. The third-order valence-electron chi connectivity index (χ3n) is 1.98. The number of hydrogen-bond donors (Lipinski definition) is 1. The van der Waals surface area contributed by atoms with Crippen LogP contribution in [0.1, 0.15) is 15.4 Å². The Morgan fingerprint density at radius 2 is 2.21 bits per heavy atom. The van der Waals surface area contributed by atoms with Crippen LogP contribution in [0.5, 0.6) is 0 Å². The van der Waals surface area contributed by atoms with Gasteiger partial charge < -0.3 is 5.32 Å². The van der Waals surface area contributed by atoms with E-state index < -0.39 is 0 Å². The number of rotatable bonds is 3. The van der Waals surface area contributed by atoms with E-state index in [1.807, 2.05) is 13.1 Å². The molecule has 2 nitrogen and oxygen atoms in total. The van der Waals surface area contributed by atoms with E-state index in [2.05, 4.69) is 28.0 Å². The van der Waals surface area contributed by atoms with Gasteiger partial charge in [-0.15, -0.1) is 22.7 Å². The minimum absolute atomic E-state index is 0.878. The lowest BCUT2D eigenvalue weighted by atomic mass is 10.3. The molecule has 2 aromatic heterocycles. The molecule has 0 amide bonds. The monoisotopic (exact) mass is 224 g/mol. The van der Waals surface area contributed by atoms with Crippen molar-refractivity contribution >= 4 is 28.4 Å². The summed E-state index contributed by atoms with van der Waals surface area (Å²) >= 11 is 3.48. The number of nitrogens with one attached hydrogen (secondary N) is 1. The fourth-order valence-corrected chi connectivity index (χ4v) is 2.75. The van der Waals surface area contributed by atoms with Gasteiger partial charge in [-0.1, -0.05) is 0 Å². The summed E-state index contributed by atoms with van der Waals surface area (Å²) in [6.07, 6.45) is 1.94. The van der Waals surface area contributed by atoms with Crippen LogP contribution >= 0.6 is 22.7 Å². The second-order valence-electron chi connectivity index (χ2n) is 3.17. The van der Waals surface area contributed by atoms with Crippen molar-refractivity contribution in [3.05, 3.63) is 32.4 Å². The molecule has 0 aliphatic heterocycles. The molecule has 4 heteroatoms. The van der Waals surface area contributed by atoms with Crippen LogP contribution in [0.25, 0.3) is 0 Å². The molecule has 2 heterocycles. The van der Waals surface area contributed by atoms with Crippen molar-refractivity contribution in [2.24, 2.45) is 0 Å². The molecule has 0 aliphatic carbocycles. The summed E-state index contributed by atoms with van der Waals surface area (Å²) in [5.41, 5.74) is 2.55. The predicted molar refractivity (Wildman–Crippen MR) is 63.2 cm³/mol.